The molecule has 5 heteroatoms. The number of carbonyl (C=O) groups is 1. The first kappa shape index (κ1) is 14.8. The molecular formula is C17H21N3O2. The topological polar surface area (TPSA) is 54.7 Å². The molecule has 0 unspecified atom stereocenters. The largest absolute Gasteiger partial charge is 0.356 e. The van der Waals surface area contributed by atoms with Crippen LogP contribution in [0, 0.1) is 5.41 Å². The summed E-state index contributed by atoms with van der Waals surface area (Å²) in [4.78, 5) is 30.8. The van der Waals surface area contributed by atoms with E-state index in [1.54, 1.807) is 24.4 Å². The highest BCUT2D eigenvalue weighted by Gasteiger charge is 2.26. The zero-order valence-electron chi connectivity index (χ0n) is 13.3. The Bertz CT molecular complexity index is 782. The molecule has 0 saturated carbocycles. The second kappa shape index (κ2) is 5.23. The fraction of sp³-hybridized carbons (Fsp3) is 0.471. The molecule has 1 saturated heterocycles. The van der Waals surface area contributed by atoms with Gasteiger partial charge in [0.1, 0.15) is 5.82 Å². The summed E-state index contributed by atoms with van der Waals surface area (Å²) in [6.45, 7) is 7.80. The SMILES string of the molecule is CC(=O)c1cccn2c(=O)cc(N3CCC(C)(C)CC3)nc12. The predicted octanol–water partition coefficient (Wildman–Crippen LogP) is 2.52. The fourth-order valence-electron chi connectivity index (χ4n) is 2.89. The van der Waals surface area contributed by atoms with Gasteiger partial charge < -0.3 is 4.90 Å². The number of Topliss-reactive ketones (excluding diaryl/α,β-unsaturated/α-hetero) is 1. The summed E-state index contributed by atoms with van der Waals surface area (Å²) in [5, 5.41) is 0. The third-order valence-corrected chi connectivity index (χ3v) is 4.50. The molecule has 2 aromatic heterocycles. The molecule has 0 radical (unpaired) electrons. The molecule has 0 atom stereocenters. The van der Waals surface area contributed by atoms with Gasteiger partial charge in [-0.15, -0.1) is 0 Å². The van der Waals surface area contributed by atoms with Crippen molar-refractivity contribution in [1.29, 1.82) is 0 Å². The van der Waals surface area contributed by atoms with Gasteiger partial charge in [0.25, 0.3) is 5.56 Å². The van der Waals surface area contributed by atoms with E-state index in [-0.39, 0.29) is 11.3 Å². The van der Waals surface area contributed by atoms with Gasteiger partial charge in [-0.2, -0.15) is 0 Å². The van der Waals surface area contributed by atoms with E-state index in [1.165, 1.54) is 11.3 Å². The summed E-state index contributed by atoms with van der Waals surface area (Å²) in [6, 6.07) is 4.98. The summed E-state index contributed by atoms with van der Waals surface area (Å²) in [5.41, 5.74) is 1.13. The van der Waals surface area contributed by atoms with E-state index in [0.29, 0.717) is 22.4 Å². The fourth-order valence-corrected chi connectivity index (χ4v) is 2.89. The van der Waals surface area contributed by atoms with Crippen LogP contribution in [0.2, 0.25) is 0 Å². The smallest absolute Gasteiger partial charge is 0.259 e. The number of aromatic nitrogens is 2. The quantitative estimate of drug-likeness (QED) is 0.800. The number of piperidine rings is 1. The van der Waals surface area contributed by atoms with E-state index in [2.05, 4.69) is 23.7 Å². The number of hydrogen-bond acceptors (Lipinski definition) is 4. The van der Waals surface area contributed by atoms with Gasteiger partial charge in [-0.25, -0.2) is 4.98 Å². The van der Waals surface area contributed by atoms with Crippen LogP contribution in [0.3, 0.4) is 0 Å². The Hall–Kier alpha value is -2.17. The molecule has 0 bridgehead atoms. The Morgan fingerprint density at radius 2 is 1.95 bits per heavy atom. The van der Waals surface area contributed by atoms with Gasteiger partial charge in [0.05, 0.1) is 5.56 Å². The number of anilines is 1. The zero-order chi connectivity index (χ0) is 15.9. The van der Waals surface area contributed by atoms with Gasteiger partial charge >= 0.3 is 0 Å². The molecule has 116 valence electrons. The molecule has 0 spiro atoms. The molecule has 5 nitrogen and oxygen atoms in total. The first-order valence-electron chi connectivity index (χ1n) is 7.66. The van der Waals surface area contributed by atoms with Crippen molar-refractivity contribution >= 4 is 17.2 Å². The van der Waals surface area contributed by atoms with Crippen LogP contribution in [0.5, 0.6) is 0 Å². The lowest BCUT2D eigenvalue weighted by molar-refractivity contribution is 0.101. The summed E-state index contributed by atoms with van der Waals surface area (Å²) >= 11 is 0. The second-order valence-corrected chi connectivity index (χ2v) is 6.78. The molecule has 22 heavy (non-hydrogen) atoms. The maximum Gasteiger partial charge on any atom is 0.259 e. The van der Waals surface area contributed by atoms with Crippen LogP contribution in [0.15, 0.2) is 29.2 Å². The van der Waals surface area contributed by atoms with E-state index in [1.807, 2.05) is 0 Å². The lowest BCUT2D eigenvalue weighted by Gasteiger charge is -2.37. The Labute approximate surface area is 129 Å². The maximum absolute atomic E-state index is 12.3. The van der Waals surface area contributed by atoms with E-state index < -0.39 is 0 Å². The molecule has 0 amide bonds. The number of nitrogens with zero attached hydrogens (tertiary/aromatic N) is 3. The molecule has 0 aromatic carbocycles. The molecule has 0 aliphatic carbocycles. The van der Waals surface area contributed by atoms with E-state index in [9.17, 15) is 9.59 Å². The molecule has 3 heterocycles. The van der Waals surface area contributed by atoms with Crippen molar-refractivity contribution in [3.8, 4) is 0 Å². The average Bonchev–Trinajstić information content (AvgIpc) is 2.46. The molecule has 3 rings (SSSR count). The molecular weight excluding hydrogens is 278 g/mol. The number of pyridine rings is 1. The van der Waals surface area contributed by atoms with Crippen LogP contribution in [0.4, 0.5) is 5.82 Å². The van der Waals surface area contributed by atoms with Gasteiger partial charge in [0.15, 0.2) is 11.4 Å². The summed E-state index contributed by atoms with van der Waals surface area (Å²) in [6.07, 6.45) is 3.80. The highest BCUT2D eigenvalue weighted by Crippen LogP contribution is 2.31. The number of rotatable bonds is 2. The minimum Gasteiger partial charge on any atom is -0.356 e. The number of hydrogen-bond donors (Lipinski definition) is 0. The highest BCUT2D eigenvalue weighted by molar-refractivity contribution is 5.99. The summed E-state index contributed by atoms with van der Waals surface area (Å²) < 4.78 is 1.44. The van der Waals surface area contributed by atoms with Crippen molar-refractivity contribution < 1.29 is 4.79 Å². The molecule has 2 aromatic rings. The monoisotopic (exact) mass is 299 g/mol. The van der Waals surface area contributed by atoms with Gasteiger partial charge in [0.2, 0.25) is 0 Å². The van der Waals surface area contributed by atoms with Crippen molar-refractivity contribution in [3.05, 3.63) is 40.3 Å². The van der Waals surface area contributed by atoms with E-state index in [4.69, 9.17) is 0 Å². The lowest BCUT2D eigenvalue weighted by Crippen LogP contribution is -2.38. The Morgan fingerprint density at radius 3 is 2.59 bits per heavy atom. The second-order valence-electron chi connectivity index (χ2n) is 6.78. The van der Waals surface area contributed by atoms with Gasteiger partial charge in [-0.05, 0) is 37.3 Å². The van der Waals surface area contributed by atoms with Crippen LogP contribution in [0.25, 0.3) is 5.65 Å². The number of carbonyl (C=O) groups excluding carboxylic acids is 1. The molecule has 1 aliphatic rings. The Morgan fingerprint density at radius 1 is 1.27 bits per heavy atom. The molecule has 1 aliphatic heterocycles. The van der Waals surface area contributed by atoms with Crippen molar-refractivity contribution in [2.45, 2.75) is 33.6 Å². The van der Waals surface area contributed by atoms with E-state index in [0.717, 1.165) is 25.9 Å². The maximum atomic E-state index is 12.3. The van der Waals surface area contributed by atoms with Crippen LogP contribution >= 0.6 is 0 Å². The standard InChI is InChI=1S/C17H21N3O2/c1-12(21)13-5-4-8-20-15(22)11-14(18-16(13)20)19-9-6-17(2,3)7-10-19/h4-5,8,11H,6-7,9-10H2,1-3H3. The van der Waals surface area contributed by atoms with Gasteiger partial charge in [0, 0.05) is 25.4 Å². The summed E-state index contributed by atoms with van der Waals surface area (Å²) in [7, 11) is 0. The molecule has 0 N–H and O–H groups in total. The van der Waals surface area contributed by atoms with Gasteiger partial charge in [-0.1, -0.05) is 13.8 Å². The average molecular weight is 299 g/mol. The van der Waals surface area contributed by atoms with Crippen LogP contribution in [-0.2, 0) is 0 Å². The van der Waals surface area contributed by atoms with Crippen molar-refractivity contribution in [3.63, 3.8) is 0 Å². The van der Waals surface area contributed by atoms with Crippen LogP contribution < -0.4 is 10.5 Å². The van der Waals surface area contributed by atoms with Crippen molar-refractivity contribution in [2.24, 2.45) is 5.41 Å². The number of ketones is 1. The normalized spacial score (nSPS) is 17.7. The zero-order valence-corrected chi connectivity index (χ0v) is 13.3. The minimum atomic E-state index is -0.145. The molecule has 1 fully saturated rings. The van der Waals surface area contributed by atoms with Crippen molar-refractivity contribution in [1.82, 2.24) is 9.38 Å². The van der Waals surface area contributed by atoms with E-state index >= 15 is 0 Å². The van der Waals surface area contributed by atoms with Crippen molar-refractivity contribution in [2.75, 3.05) is 18.0 Å². The van der Waals surface area contributed by atoms with Crippen LogP contribution in [0.1, 0.15) is 44.0 Å². The first-order valence-corrected chi connectivity index (χ1v) is 7.66. The third kappa shape index (κ3) is 2.63. The lowest BCUT2D eigenvalue weighted by atomic mass is 9.83. The Balaban J connectivity index is 2.07. The van der Waals surface area contributed by atoms with Gasteiger partial charge in [-0.3, -0.25) is 14.0 Å². The minimum absolute atomic E-state index is 0.0815. The number of fused-ring (bicyclic) bond motifs is 1. The first-order chi connectivity index (χ1) is 10.4. The van der Waals surface area contributed by atoms with Crippen LogP contribution in [-0.4, -0.2) is 28.3 Å². The third-order valence-electron chi connectivity index (χ3n) is 4.50. The predicted molar refractivity (Wildman–Crippen MR) is 86.7 cm³/mol. The Kier molecular flexibility index (Phi) is 3.51. The summed E-state index contributed by atoms with van der Waals surface area (Å²) in [5.74, 6) is 0.594. The highest BCUT2D eigenvalue weighted by atomic mass is 16.1.